The second-order valence-electron chi connectivity index (χ2n) is 17.2. The van der Waals surface area contributed by atoms with Crippen molar-refractivity contribution >= 4 is 17.3 Å². The van der Waals surface area contributed by atoms with Crippen LogP contribution in [-0.2, 0) is 14.4 Å². The Morgan fingerprint density at radius 1 is 0.935 bits per heavy atom. The zero-order chi connectivity index (χ0) is 44.3. The van der Waals surface area contributed by atoms with Gasteiger partial charge in [0, 0.05) is 50.1 Å². The van der Waals surface area contributed by atoms with Crippen LogP contribution in [0.4, 0.5) is 5.69 Å². The van der Waals surface area contributed by atoms with Gasteiger partial charge in [-0.3, -0.25) is 14.9 Å². The third-order valence-corrected chi connectivity index (χ3v) is 12.9. The first-order chi connectivity index (χ1) is 30.3. The van der Waals surface area contributed by atoms with Gasteiger partial charge in [0.2, 0.25) is 11.7 Å². The van der Waals surface area contributed by atoms with E-state index in [1.807, 2.05) is 30.0 Å². The van der Waals surface area contributed by atoms with Crippen LogP contribution in [0.1, 0.15) is 148 Å². The summed E-state index contributed by atoms with van der Waals surface area (Å²) in [4.78, 5) is 33.7. The van der Waals surface area contributed by atoms with Crippen LogP contribution in [0.3, 0.4) is 0 Å². The highest BCUT2D eigenvalue weighted by atomic mass is 16.7. The van der Waals surface area contributed by atoms with Crippen LogP contribution in [0.5, 0.6) is 17.2 Å². The number of carbonyl (C=O) groups excluding carboxylic acids is 1. The number of hydrogen-bond donors (Lipinski definition) is 2. The second-order valence-corrected chi connectivity index (χ2v) is 17.2. The number of nitro benzene ring substituents is 1. The van der Waals surface area contributed by atoms with Crippen molar-refractivity contribution in [3.05, 3.63) is 82.4 Å². The molecular formula is C50H73N3O9. The van der Waals surface area contributed by atoms with Crippen molar-refractivity contribution < 1.29 is 39.0 Å². The Labute approximate surface area is 369 Å². The number of hydrogen-bond acceptors (Lipinski definition) is 10. The number of benzene rings is 2. The Morgan fingerprint density at radius 2 is 1.65 bits per heavy atom. The van der Waals surface area contributed by atoms with Crippen molar-refractivity contribution in [1.29, 1.82) is 0 Å². The molecule has 0 aromatic heterocycles. The third kappa shape index (κ3) is 12.3. The van der Waals surface area contributed by atoms with E-state index in [0.29, 0.717) is 56.1 Å². The van der Waals surface area contributed by atoms with E-state index in [-0.39, 0.29) is 49.2 Å². The van der Waals surface area contributed by atoms with E-state index in [9.17, 15) is 25.1 Å². The van der Waals surface area contributed by atoms with Crippen LogP contribution in [0.25, 0.3) is 0 Å². The van der Waals surface area contributed by atoms with Crippen molar-refractivity contribution in [2.24, 2.45) is 22.9 Å². The van der Waals surface area contributed by atoms with E-state index >= 15 is 0 Å². The third-order valence-electron chi connectivity index (χ3n) is 12.9. The lowest BCUT2D eigenvalue weighted by Gasteiger charge is -2.60. The Kier molecular flexibility index (Phi) is 19.8. The first-order valence-corrected chi connectivity index (χ1v) is 23.7. The van der Waals surface area contributed by atoms with Crippen molar-refractivity contribution in [3.63, 3.8) is 0 Å². The number of non-ortho nitro benzene ring substituents is 1. The molecule has 1 amide bonds. The number of nitro groups is 1. The number of aliphatic hydroxyl groups is 2. The minimum Gasteiger partial charge on any atom is -0.459 e. The number of allylic oxidation sites excluding steroid dienone is 1. The van der Waals surface area contributed by atoms with Crippen LogP contribution < -0.4 is 9.47 Å². The zero-order valence-electron chi connectivity index (χ0n) is 37.6. The summed E-state index contributed by atoms with van der Waals surface area (Å²) in [6, 6.07) is 11.3. The molecule has 1 saturated carbocycles. The maximum Gasteiger partial charge on any atom is 0.273 e. The highest BCUT2D eigenvalue weighted by Gasteiger charge is 2.65. The molecule has 1 aliphatic heterocycles. The predicted molar refractivity (Wildman–Crippen MR) is 244 cm³/mol. The molecule has 0 radical (unpaired) electrons. The largest absolute Gasteiger partial charge is 0.459 e. The topological polar surface area (TPSA) is 153 Å². The van der Waals surface area contributed by atoms with Gasteiger partial charge in [-0.15, -0.1) is 6.58 Å². The minimum atomic E-state index is -1.32. The van der Waals surface area contributed by atoms with Crippen molar-refractivity contribution in [2.45, 2.75) is 154 Å². The molecule has 1 fully saturated rings. The molecule has 2 aromatic carbocycles. The number of unbranched alkanes of at least 4 members (excludes halogenated alkanes) is 10. The predicted octanol–water partition coefficient (Wildman–Crippen LogP) is 11.2. The van der Waals surface area contributed by atoms with Crippen LogP contribution >= 0.6 is 0 Å². The van der Waals surface area contributed by atoms with Gasteiger partial charge in [0.25, 0.3) is 5.69 Å². The Bertz CT molecular complexity index is 1800. The second kappa shape index (κ2) is 25.1. The number of rotatable bonds is 29. The van der Waals surface area contributed by atoms with Crippen LogP contribution in [0.2, 0.25) is 0 Å². The summed E-state index contributed by atoms with van der Waals surface area (Å²) in [5, 5.41) is 36.3. The van der Waals surface area contributed by atoms with Gasteiger partial charge in [0.1, 0.15) is 29.9 Å². The molecule has 1 heterocycles. The van der Waals surface area contributed by atoms with Crippen LogP contribution in [0.15, 0.2) is 71.9 Å². The molecule has 12 nitrogen and oxygen atoms in total. The normalized spacial score (nSPS) is 23.1. The van der Waals surface area contributed by atoms with Crippen LogP contribution in [0, 0.1) is 27.9 Å². The first kappa shape index (κ1) is 48.8. The monoisotopic (exact) mass is 860 g/mol. The van der Waals surface area contributed by atoms with Gasteiger partial charge in [-0.1, -0.05) is 101 Å². The van der Waals surface area contributed by atoms with Gasteiger partial charge in [-0.05, 0) is 87.1 Å². The Hall–Kier alpha value is -4.26. The lowest BCUT2D eigenvalue weighted by Crippen LogP contribution is -2.70. The molecule has 6 atom stereocenters. The van der Waals surface area contributed by atoms with E-state index < -0.39 is 22.7 Å². The number of oxime groups is 1. The highest BCUT2D eigenvalue weighted by Crippen LogP contribution is 2.62. The smallest absolute Gasteiger partial charge is 0.273 e. The molecule has 2 aromatic rings. The van der Waals surface area contributed by atoms with Gasteiger partial charge in [0.15, 0.2) is 0 Å². The van der Waals surface area contributed by atoms with Crippen LogP contribution in [-0.4, -0.2) is 76.5 Å². The van der Waals surface area contributed by atoms with E-state index in [2.05, 4.69) is 26.5 Å². The number of carbonyl (C=O) groups is 1. The standard InChI is InChI=1S/C50H73N3O9/c1-5-9-10-11-12-13-14-15-16-26-47(56)52(29-6-2)46-36-44(51-60-8-4)42-33-37(22-17-19-30-54)41(25-18-20-31-55)48-43-35-40(61-39-24-21-23-38(34-39)53(57)58)27-28-45(43)62-50(46,49(42)48)59-32-7-3/h7,21,23-24,27-28,33-35,37,41,46,48-49,54-55H,3,5-6,8-20,22,25-26,29-32,36H2,1-2,4H3/t37-,41+,46-,48+,49+,50+/m0/s1. The first-order valence-electron chi connectivity index (χ1n) is 23.7. The van der Waals surface area contributed by atoms with Gasteiger partial charge < -0.3 is 34.2 Å². The zero-order valence-corrected chi connectivity index (χ0v) is 37.6. The van der Waals surface area contributed by atoms with Crippen molar-refractivity contribution in [2.75, 3.05) is 33.0 Å². The molecule has 62 heavy (non-hydrogen) atoms. The number of ether oxygens (including phenoxy) is 3. The fraction of sp³-hybridized carbons (Fsp3) is 0.640. The maximum atomic E-state index is 14.7. The van der Waals surface area contributed by atoms with Crippen molar-refractivity contribution in [1.82, 2.24) is 4.90 Å². The summed E-state index contributed by atoms with van der Waals surface area (Å²) in [5.74, 6) is -0.251. The molecular weight excluding hydrogens is 787 g/mol. The molecule has 12 heteroatoms. The summed E-state index contributed by atoms with van der Waals surface area (Å²) in [6.07, 6.45) is 20.7. The summed E-state index contributed by atoms with van der Waals surface area (Å²) < 4.78 is 20.8. The van der Waals surface area contributed by atoms with E-state index in [0.717, 1.165) is 68.2 Å². The highest BCUT2D eigenvalue weighted by molar-refractivity contribution is 6.03. The van der Waals surface area contributed by atoms with Gasteiger partial charge in [0.05, 0.1) is 29.2 Å². The molecule has 0 spiro atoms. The lowest BCUT2D eigenvalue weighted by molar-refractivity contribution is -0.384. The molecule has 5 rings (SSSR count). The summed E-state index contributed by atoms with van der Waals surface area (Å²) in [6.45, 7) is 11.6. The Balaban J connectivity index is 1.63. The fourth-order valence-corrected chi connectivity index (χ4v) is 10.1. The molecule has 0 bridgehead atoms. The molecule has 2 N–H and O–H groups in total. The average Bonchev–Trinajstić information content (AvgIpc) is 3.27. The fourth-order valence-electron chi connectivity index (χ4n) is 10.1. The van der Waals surface area contributed by atoms with Gasteiger partial charge >= 0.3 is 0 Å². The molecule has 342 valence electrons. The minimum absolute atomic E-state index is 0.0563. The van der Waals surface area contributed by atoms with E-state index in [4.69, 9.17) is 24.2 Å². The number of nitrogens with zero attached hydrogens (tertiary/aromatic N) is 3. The molecule has 0 unspecified atom stereocenters. The van der Waals surface area contributed by atoms with Crippen molar-refractivity contribution in [3.8, 4) is 17.2 Å². The number of amides is 1. The maximum absolute atomic E-state index is 14.7. The number of aliphatic hydroxyl groups excluding tert-OH is 2. The summed E-state index contributed by atoms with van der Waals surface area (Å²) in [7, 11) is 0. The SMILES string of the molecule is C=CCO[C@@]12Oc3ccc(Oc4cccc([N+](=O)[O-])c4)cc3[C@H]3[C@H](CCCCO)[C@@H](CCCCO)C=C(C(=NOCC)C[C@@H]1N(CCC)C(=O)CCCCCCCCCCC)[C@H]32. The lowest BCUT2D eigenvalue weighted by atomic mass is 9.55. The average molecular weight is 860 g/mol. The van der Waals surface area contributed by atoms with Gasteiger partial charge in [-0.25, -0.2) is 0 Å². The molecule has 0 saturated heterocycles. The quantitative estimate of drug-likeness (QED) is 0.0352. The molecule has 3 aliphatic rings. The van der Waals surface area contributed by atoms with Gasteiger partial charge in [-0.2, -0.15) is 0 Å². The number of fused-ring (bicyclic) bond motifs is 2. The Morgan fingerprint density at radius 3 is 2.32 bits per heavy atom. The van der Waals surface area contributed by atoms with E-state index in [1.54, 1.807) is 18.2 Å². The summed E-state index contributed by atoms with van der Waals surface area (Å²) in [5.41, 5.74) is 2.61. The van der Waals surface area contributed by atoms with E-state index in [1.165, 1.54) is 50.7 Å². The molecule has 2 aliphatic carbocycles. The summed E-state index contributed by atoms with van der Waals surface area (Å²) >= 11 is 0.